The van der Waals surface area contributed by atoms with E-state index in [0.29, 0.717) is 5.92 Å². The maximum absolute atomic E-state index is 13.3. The number of piperidine rings is 1. The highest BCUT2D eigenvalue weighted by atomic mass is 16.2. The zero-order valence-corrected chi connectivity index (χ0v) is 16.5. The van der Waals surface area contributed by atoms with E-state index in [0.717, 1.165) is 62.8 Å². The molecular formula is C21H29N5O. The van der Waals surface area contributed by atoms with Gasteiger partial charge >= 0.3 is 0 Å². The monoisotopic (exact) mass is 367 g/mol. The Labute approximate surface area is 161 Å². The van der Waals surface area contributed by atoms with Gasteiger partial charge in [0.05, 0.1) is 12.0 Å². The van der Waals surface area contributed by atoms with Crippen LogP contribution >= 0.6 is 0 Å². The molecule has 27 heavy (non-hydrogen) atoms. The van der Waals surface area contributed by atoms with Gasteiger partial charge in [-0.15, -0.1) is 10.2 Å². The second-order valence-electron chi connectivity index (χ2n) is 8.31. The van der Waals surface area contributed by atoms with E-state index in [1.54, 1.807) is 0 Å². The van der Waals surface area contributed by atoms with E-state index in [1.165, 1.54) is 5.56 Å². The lowest BCUT2D eigenvalue weighted by Gasteiger charge is -2.37. The number of nitrogens with zero attached hydrogens (tertiary/aromatic N) is 4. The quantitative estimate of drug-likeness (QED) is 0.905. The fourth-order valence-electron chi connectivity index (χ4n) is 4.54. The van der Waals surface area contributed by atoms with Crippen LogP contribution in [0.2, 0.25) is 0 Å². The van der Waals surface area contributed by atoms with E-state index in [4.69, 9.17) is 0 Å². The predicted octanol–water partition coefficient (Wildman–Crippen LogP) is 2.37. The molecule has 0 bridgehead atoms. The van der Waals surface area contributed by atoms with Gasteiger partial charge in [0.1, 0.15) is 11.6 Å². The summed E-state index contributed by atoms with van der Waals surface area (Å²) in [5, 5.41) is 12.2. The SMILES string of the molecule is Cc1ccccc1C(C)(C)C(=O)N1CCC(c2nnc3n2CCNC3)CC1. The Morgan fingerprint density at radius 1 is 1.15 bits per heavy atom. The third kappa shape index (κ3) is 3.27. The van der Waals surface area contributed by atoms with Crippen molar-refractivity contribution in [3.63, 3.8) is 0 Å². The molecule has 0 saturated carbocycles. The van der Waals surface area contributed by atoms with E-state index >= 15 is 0 Å². The summed E-state index contributed by atoms with van der Waals surface area (Å²) in [6, 6.07) is 8.21. The van der Waals surface area contributed by atoms with Crippen molar-refractivity contribution in [2.45, 2.75) is 58.0 Å². The van der Waals surface area contributed by atoms with Crippen LogP contribution < -0.4 is 5.32 Å². The summed E-state index contributed by atoms with van der Waals surface area (Å²) in [5.74, 6) is 2.77. The highest BCUT2D eigenvalue weighted by Crippen LogP contribution is 2.33. The highest BCUT2D eigenvalue weighted by molar-refractivity contribution is 5.87. The Bertz CT molecular complexity index is 833. The lowest BCUT2D eigenvalue weighted by molar-refractivity contribution is -0.137. The molecule has 0 atom stereocenters. The molecule has 0 radical (unpaired) electrons. The smallest absolute Gasteiger partial charge is 0.232 e. The second kappa shape index (κ2) is 7.08. The first-order chi connectivity index (χ1) is 13.0. The molecule has 1 fully saturated rings. The third-order valence-corrected chi connectivity index (χ3v) is 6.15. The Balaban J connectivity index is 1.45. The molecule has 2 aromatic rings. The summed E-state index contributed by atoms with van der Waals surface area (Å²) in [4.78, 5) is 15.3. The summed E-state index contributed by atoms with van der Waals surface area (Å²) < 4.78 is 2.27. The lowest BCUT2D eigenvalue weighted by Crippen LogP contribution is -2.47. The number of carbonyl (C=O) groups excluding carboxylic acids is 1. The molecule has 0 unspecified atom stereocenters. The van der Waals surface area contributed by atoms with Crippen molar-refractivity contribution >= 4 is 5.91 Å². The fourth-order valence-corrected chi connectivity index (χ4v) is 4.54. The molecule has 2 aliphatic rings. The number of benzene rings is 1. The molecule has 1 amide bonds. The van der Waals surface area contributed by atoms with Gasteiger partial charge in [-0.1, -0.05) is 24.3 Å². The molecule has 1 N–H and O–H groups in total. The summed E-state index contributed by atoms with van der Waals surface area (Å²) in [5.41, 5.74) is 1.79. The minimum Gasteiger partial charge on any atom is -0.342 e. The molecule has 1 saturated heterocycles. The maximum atomic E-state index is 13.3. The zero-order valence-electron chi connectivity index (χ0n) is 16.5. The largest absolute Gasteiger partial charge is 0.342 e. The molecule has 3 heterocycles. The van der Waals surface area contributed by atoms with Gasteiger partial charge in [0, 0.05) is 32.1 Å². The van der Waals surface area contributed by atoms with Crippen LogP contribution in [-0.2, 0) is 23.3 Å². The molecule has 0 aliphatic carbocycles. The van der Waals surface area contributed by atoms with Crippen LogP contribution in [0, 0.1) is 6.92 Å². The number of rotatable bonds is 3. The number of hydrogen-bond acceptors (Lipinski definition) is 4. The van der Waals surface area contributed by atoms with Crippen molar-refractivity contribution in [3.05, 3.63) is 47.0 Å². The number of amides is 1. The summed E-state index contributed by atoms with van der Waals surface area (Å²) >= 11 is 0. The van der Waals surface area contributed by atoms with Gasteiger partial charge in [0.15, 0.2) is 0 Å². The van der Waals surface area contributed by atoms with Crippen LogP contribution in [0.4, 0.5) is 0 Å². The third-order valence-electron chi connectivity index (χ3n) is 6.15. The molecule has 1 aromatic heterocycles. The number of aryl methyl sites for hydroxylation is 1. The summed E-state index contributed by atoms with van der Waals surface area (Å²) in [7, 11) is 0. The van der Waals surface area contributed by atoms with E-state index in [1.807, 2.05) is 30.9 Å². The average Bonchev–Trinajstić information content (AvgIpc) is 3.12. The topological polar surface area (TPSA) is 63.1 Å². The number of hydrogen-bond donors (Lipinski definition) is 1. The van der Waals surface area contributed by atoms with Crippen LogP contribution in [0.5, 0.6) is 0 Å². The molecular weight excluding hydrogens is 338 g/mol. The number of aromatic nitrogens is 3. The van der Waals surface area contributed by atoms with Gasteiger partial charge in [-0.05, 0) is 44.7 Å². The first-order valence-corrected chi connectivity index (χ1v) is 9.96. The van der Waals surface area contributed by atoms with Gasteiger partial charge in [-0.25, -0.2) is 0 Å². The van der Waals surface area contributed by atoms with Gasteiger partial charge in [-0.3, -0.25) is 4.79 Å². The van der Waals surface area contributed by atoms with Crippen LogP contribution in [0.25, 0.3) is 0 Å². The van der Waals surface area contributed by atoms with Gasteiger partial charge in [-0.2, -0.15) is 0 Å². The average molecular weight is 367 g/mol. The molecule has 2 aliphatic heterocycles. The number of likely N-dealkylation sites (tertiary alicyclic amines) is 1. The minimum atomic E-state index is -0.502. The predicted molar refractivity (Wildman–Crippen MR) is 104 cm³/mol. The number of carbonyl (C=O) groups is 1. The summed E-state index contributed by atoms with van der Waals surface area (Å²) in [6.45, 7) is 10.5. The van der Waals surface area contributed by atoms with Crippen molar-refractivity contribution in [3.8, 4) is 0 Å². The number of nitrogens with one attached hydrogen (secondary N) is 1. The van der Waals surface area contributed by atoms with E-state index in [-0.39, 0.29) is 5.91 Å². The van der Waals surface area contributed by atoms with Crippen molar-refractivity contribution in [2.24, 2.45) is 0 Å². The van der Waals surface area contributed by atoms with E-state index in [2.05, 4.69) is 39.1 Å². The Morgan fingerprint density at radius 2 is 1.89 bits per heavy atom. The normalized spacial score (nSPS) is 18.4. The molecule has 4 rings (SSSR count). The zero-order chi connectivity index (χ0) is 19.0. The van der Waals surface area contributed by atoms with E-state index in [9.17, 15) is 4.79 Å². The summed E-state index contributed by atoms with van der Waals surface area (Å²) in [6.07, 6.45) is 1.92. The first-order valence-electron chi connectivity index (χ1n) is 9.96. The Hall–Kier alpha value is -2.21. The van der Waals surface area contributed by atoms with Crippen molar-refractivity contribution < 1.29 is 4.79 Å². The Kier molecular flexibility index (Phi) is 4.76. The van der Waals surface area contributed by atoms with Crippen LogP contribution in [-0.4, -0.2) is 45.2 Å². The highest BCUT2D eigenvalue weighted by Gasteiger charge is 2.37. The van der Waals surface area contributed by atoms with Gasteiger partial charge < -0.3 is 14.8 Å². The van der Waals surface area contributed by atoms with Crippen LogP contribution in [0.15, 0.2) is 24.3 Å². The minimum absolute atomic E-state index is 0.225. The van der Waals surface area contributed by atoms with Crippen molar-refractivity contribution in [2.75, 3.05) is 19.6 Å². The number of fused-ring (bicyclic) bond motifs is 1. The van der Waals surface area contributed by atoms with Crippen LogP contribution in [0.3, 0.4) is 0 Å². The first kappa shape index (κ1) is 18.2. The lowest BCUT2D eigenvalue weighted by atomic mass is 9.80. The molecule has 1 aromatic carbocycles. The van der Waals surface area contributed by atoms with Gasteiger partial charge in [0.25, 0.3) is 0 Å². The molecule has 6 heteroatoms. The second-order valence-corrected chi connectivity index (χ2v) is 8.31. The van der Waals surface area contributed by atoms with Crippen LogP contribution in [0.1, 0.15) is 55.4 Å². The standard InChI is InChI=1S/C21H29N5O/c1-15-6-4-5-7-17(15)21(2,3)20(27)25-11-8-16(9-12-25)19-24-23-18-14-22-10-13-26(18)19/h4-7,16,22H,8-14H2,1-3H3. The van der Waals surface area contributed by atoms with E-state index < -0.39 is 5.41 Å². The molecule has 6 nitrogen and oxygen atoms in total. The maximum Gasteiger partial charge on any atom is 0.232 e. The molecule has 0 spiro atoms. The van der Waals surface area contributed by atoms with Crippen molar-refractivity contribution in [1.82, 2.24) is 25.0 Å². The molecule has 144 valence electrons. The Morgan fingerprint density at radius 3 is 2.63 bits per heavy atom. The fraction of sp³-hybridized carbons (Fsp3) is 0.571. The van der Waals surface area contributed by atoms with Crippen molar-refractivity contribution in [1.29, 1.82) is 0 Å². The van der Waals surface area contributed by atoms with Gasteiger partial charge in [0.2, 0.25) is 5.91 Å².